The molecule has 1 aromatic rings. The van der Waals surface area contributed by atoms with Crippen molar-refractivity contribution in [2.75, 3.05) is 26.2 Å². The number of thioether (sulfide) groups is 1. The Morgan fingerprint density at radius 3 is 2.29 bits per heavy atom. The van der Waals surface area contributed by atoms with Crippen LogP contribution in [0.1, 0.15) is 31.9 Å². The molecular weight excluding hydrogens is 340 g/mol. The van der Waals surface area contributed by atoms with Crippen LogP contribution < -0.4 is 0 Å². The van der Waals surface area contributed by atoms with Gasteiger partial charge in [-0.25, -0.2) is 4.79 Å². The third-order valence-electron chi connectivity index (χ3n) is 3.73. The maximum absolute atomic E-state index is 12.1. The van der Waals surface area contributed by atoms with Gasteiger partial charge >= 0.3 is 6.09 Å². The molecule has 24 heavy (non-hydrogen) atoms. The highest BCUT2D eigenvalue weighted by Gasteiger charge is 2.26. The van der Waals surface area contributed by atoms with Crippen LogP contribution in [0.2, 0.25) is 0 Å². The summed E-state index contributed by atoms with van der Waals surface area (Å²) >= 11 is 7.24. The SMILES string of the molecule is Cc1ccc(C)c(SC(=S)N2CCN(C(=O)OC(C)(C)C)CC2)c1. The monoisotopic (exact) mass is 366 g/mol. The zero-order valence-corrected chi connectivity index (χ0v) is 16.7. The molecular formula is C18H26N2O2S2. The summed E-state index contributed by atoms with van der Waals surface area (Å²) in [6.07, 6.45) is -0.241. The van der Waals surface area contributed by atoms with Gasteiger partial charge < -0.3 is 14.5 Å². The van der Waals surface area contributed by atoms with E-state index in [1.165, 1.54) is 16.0 Å². The number of benzene rings is 1. The second-order valence-corrected chi connectivity index (χ2v) is 8.77. The minimum absolute atomic E-state index is 0.241. The summed E-state index contributed by atoms with van der Waals surface area (Å²) in [7, 11) is 0. The molecule has 4 nitrogen and oxygen atoms in total. The van der Waals surface area contributed by atoms with Crippen molar-refractivity contribution in [2.24, 2.45) is 0 Å². The Labute approximate surface area is 154 Å². The van der Waals surface area contributed by atoms with Gasteiger partial charge in [-0.1, -0.05) is 36.1 Å². The minimum atomic E-state index is -0.456. The zero-order valence-electron chi connectivity index (χ0n) is 15.1. The molecule has 1 amide bonds. The van der Waals surface area contributed by atoms with Crippen LogP contribution in [0.5, 0.6) is 0 Å². The van der Waals surface area contributed by atoms with Gasteiger partial charge in [0.25, 0.3) is 0 Å². The second kappa shape index (κ2) is 7.74. The van der Waals surface area contributed by atoms with Crippen molar-refractivity contribution in [2.45, 2.75) is 45.1 Å². The third kappa shape index (κ3) is 5.38. The summed E-state index contributed by atoms with van der Waals surface area (Å²) in [6, 6.07) is 6.41. The number of ether oxygens (including phenoxy) is 1. The van der Waals surface area contributed by atoms with Gasteiger partial charge in [0.15, 0.2) is 0 Å². The molecule has 6 heteroatoms. The lowest BCUT2D eigenvalue weighted by Crippen LogP contribution is -2.50. The van der Waals surface area contributed by atoms with E-state index in [0.717, 1.165) is 17.4 Å². The predicted molar refractivity (Wildman–Crippen MR) is 104 cm³/mol. The number of nitrogens with zero attached hydrogens (tertiary/aromatic N) is 2. The first-order valence-corrected chi connectivity index (χ1v) is 9.40. The van der Waals surface area contributed by atoms with Crippen LogP contribution in [0.15, 0.2) is 23.1 Å². The molecule has 1 saturated heterocycles. The van der Waals surface area contributed by atoms with Crippen molar-refractivity contribution in [3.05, 3.63) is 29.3 Å². The van der Waals surface area contributed by atoms with Gasteiger partial charge in [-0.05, 0) is 51.8 Å². The highest BCUT2D eigenvalue weighted by molar-refractivity contribution is 8.23. The predicted octanol–water partition coefficient (Wildman–Crippen LogP) is 4.23. The maximum Gasteiger partial charge on any atom is 0.410 e. The molecule has 0 spiro atoms. The molecule has 0 N–H and O–H groups in total. The average Bonchev–Trinajstić information content (AvgIpc) is 2.49. The number of thiocarbonyl (C=S) groups is 1. The Balaban J connectivity index is 1.89. The van der Waals surface area contributed by atoms with Crippen molar-refractivity contribution < 1.29 is 9.53 Å². The van der Waals surface area contributed by atoms with Gasteiger partial charge in [-0.3, -0.25) is 0 Å². The maximum atomic E-state index is 12.1. The van der Waals surface area contributed by atoms with Gasteiger partial charge in [0, 0.05) is 31.1 Å². The van der Waals surface area contributed by atoms with Gasteiger partial charge in [0.2, 0.25) is 0 Å². The Bertz CT molecular complexity index is 618. The van der Waals surface area contributed by atoms with E-state index < -0.39 is 5.60 Å². The van der Waals surface area contributed by atoms with Gasteiger partial charge in [0.1, 0.15) is 9.92 Å². The fraction of sp³-hybridized carbons (Fsp3) is 0.556. The van der Waals surface area contributed by atoms with E-state index in [0.29, 0.717) is 13.1 Å². The first-order valence-electron chi connectivity index (χ1n) is 8.17. The number of amides is 1. The molecule has 0 bridgehead atoms. The molecule has 1 aromatic carbocycles. The summed E-state index contributed by atoms with van der Waals surface area (Å²) in [5, 5.41) is 0. The molecule has 0 atom stereocenters. The smallest absolute Gasteiger partial charge is 0.410 e. The number of carbonyl (C=O) groups is 1. The van der Waals surface area contributed by atoms with E-state index in [4.69, 9.17) is 17.0 Å². The summed E-state index contributed by atoms with van der Waals surface area (Å²) in [6.45, 7) is 12.6. The van der Waals surface area contributed by atoms with Crippen molar-refractivity contribution in [3.8, 4) is 0 Å². The highest BCUT2D eigenvalue weighted by atomic mass is 32.2. The molecule has 0 saturated carbocycles. The Morgan fingerprint density at radius 2 is 1.71 bits per heavy atom. The van der Waals surface area contributed by atoms with Crippen molar-refractivity contribution in [1.82, 2.24) is 9.80 Å². The van der Waals surface area contributed by atoms with Crippen LogP contribution >= 0.6 is 24.0 Å². The van der Waals surface area contributed by atoms with Crippen LogP contribution in [-0.2, 0) is 4.74 Å². The first kappa shape index (κ1) is 19.1. The lowest BCUT2D eigenvalue weighted by Gasteiger charge is -2.36. The van der Waals surface area contributed by atoms with Crippen LogP contribution in [0.3, 0.4) is 0 Å². The normalized spacial score (nSPS) is 15.4. The Hall–Kier alpha value is -1.27. The second-order valence-electron chi connectivity index (χ2n) is 7.09. The standard InChI is InChI=1S/C18H26N2O2S2/c1-13-6-7-14(2)15(12-13)24-17(23)20-10-8-19(9-11-20)16(21)22-18(3,4)5/h6-7,12H,8-11H2,1-5H3. The van der Waals surface area contributed by atoms with Gasteiger partial charge in [-0.2, -0.15) is 0 Å². The van der Waals surface area contributed by atoms with Gasteiger partial charge in [0.05, 0.1) is 0 Å². The van der Waals surface area contributed by atoms with E-state index in [9.17, 15) is 4.79 Å². The van der Waals surface area contributed by atoms with Crippen molar-refractivity contribution >= 4 is 34.4 Å². The fourth-order valence-electron chi connectivity index (χ4n) is 2.37. The van der Waals surface area contributed by atoms with E-state index in [1.807, 2.05) is 20.8 Å². The third-order valence-corrected chi connectivity index (χ3v) is 5.33. The van der Waals surface area contributed by atoms with E-state index in [-0.39, 0.29) is 6.09 Å². The van der Waals surface area contributed by atoms with Crippen LogP contribution in [0, 0.1) is 13.8 Å². The Kier molecular flexibility index (Phi) is 6.15. The first-order chi connectivity index (χ1) is 11.2. The fourth-order valence-corrected chi connectivity index (χ4v) is 3.80. The number of piperazine rings is 1. The quantitative estimate of drug-likeness (QED) is 0.548. The largest absolute Gasteiger partial charge is 0.444 e. The van der Waals surface area contributed by atoms with Crippen molar-refractivity contribution in [3.63, 3.8) is 0 Å². The average molecular weight is 367 g/mol. The van der Waals surface area contributed by atoms with Crippen LogP contribution in [0.25, 0.3) is 0 Å². The summed E-state index contributed by atoms with van der Waals surface area (Å²) in [4.78, 5) is 17.2. The number of hydrogen-bond acceptors (Lipinski definition) is 4. The minimum Gasteiger partial charge on any atom is -0.444 e. The zero-order chi connectivity index (χ0) is 17.9. The highest BCUT2D eigenvalue weighted by Crippen LogP contribution is 2.27. The Morgan fingerprint density at radius 1 is 1.12 bits per heavy atom. The molecule has 1 fully saturated rings. The molecule has 132 valence electrons. The molecule has 0 unspecified atom stereocenters. The van der Waals surface area contributed by atoms with E-state index >= 15 is 0 Å². The molecule has 0 aromatic heterocycles. The topological polar surface area (TPSA) is 32.8 Å². The summed E-state index contributed by atoms with van der Waals surface area (Å²) in [5.41, 5.74) is 2.02. The summed E-state index contributed by atoms with van der Waals surface area (Å²) in [5.74, 6) is 0. The molecule has 2 rings (SSSR count). The number of hydrogen-bond donors (Lipinski definition) is 0. The van der Waals surface area contributed by atoms with Crippen LogP contribution in [0.4, 0.5) is 4.79 Å². The van der Waals surface area contributed by atoms with E-state index in [1.54, 1.807) is 16.7 Å². The molecule has 1 aliphatic rings. The van der Waals surface area contributed by atoms with Gasteiger partial charge in [-0.15, -0.1) is 0 Å². The number of rotatable bonds is 1. The van der Waals surface area contributed by atoms with Crippen molar-refractivity contribution in [1.29, 1.82) is 0 Å². The summed E-state index contributed by atoms with van der Waals surface area (Å²) < 4.78 is 6.30. The molecule has 1 aliphatic heterocycles. The number of aryl methyl sites for hydroxylation is 2. The van der Waals surface area contributed by atoms with E-state index in [2.05, 4.69) is 36.9 Å². The number of carbonyl (C=O) groups excluding carboxylic acids is 1. The van der Waals surface area contributed by atoms with Crippen LogP contribution in [-0.4, -0.2) is 52.0 Å². The molecule has 0 aliphatic carbocycles. The molecule has 1 heterocycles. The molecule has 0 radical (unpaired) electrons. The lowest BCUT2D eigenvalue weighted by atomic mass is 10.2. The lowest BCUT2D eigenvalue weighted by molar-refractivity contribution is 0.0189.